The van der Waals surface area contributed by atoms with Crippen LogP contribution in [0.3, 0.4) is 0 Å². The molecular weight excluding hydrogens is 244 g/mol. The van der Waals surface area contributed by atoms with E-state index in [0.29, 0.717) is 4.88 Å². The lowest BCUT2D eigenvalue weighted by Gasteiger charge is -2.10. The van der Waals surface area contributed by atoms with Crippen molar-refractivity contribution in [2.75, 3.05) is 7.11 Å². The Bertz CT molecular complexity index is 384. The van der Waals surface area contributed by atoms with Crippen molar-refractivity contribution in [2.24, 2.45) is 0 Å². The summed E-state index contributed by atoms with van der Waals surface area (Å²) in [4.78, 5) is 11.8. The fraction of sp³-hybridized carbons (Fsp3) is 0.455. The molecule has 1 unspecified atom stereocenters. The average Bonchev–Trinajstić information content (AvgIpc) is 2.73. The molecule has 3 nitrogen and oxygen atoms in total. The van der Waals surface area contributed by atoms with Gasteiger partial charge < -0.3 is 9.84 Å². The minimum absolute atomic E-state index is 0.0175. The molecule has 1 N–H and O–H groups in total. The number of ether oxygens (including phenoxy) is 1. The van der Waals surface area contributed by atoms with Gasteiger partial charge in [0.15, 0.2) is 5.05 Å². The van der Waals surface area contributed by atoms with Gasteiger partial charge in [0.25, 0.3) is 0 Å². The van der Waals surface area contributed by atoms with E-state index in [9.17, 15) is 9.90 Å². The van der Waals surface area contributed by atoms with Gasteiger partial charge in [0.05, 0.1) is 13.0 Å². The standard InChI is InChI=1S/C11H14O3S2/c1-3-4-8(11(13)15)7-5-9(16-6-7)10(12)14-2/h5-6,8H,3-4H2,1-2H3,(H,13,15). The minimum Gasteiger partial charge on any atom is -0.502 e. The molecule has 1 heterocycles. The van der Waals surface area contributed by atoms with Gasteiger partial charge in [-0.3, -0.25) is 0 Å². The number of methoxy groups -OCH3 is 1. The molecule has 88 valence electrons. The number of rotatable bonds is 5. The zero-order valence-corrected chi connectivity index (χ0v) is 10.9. The van der Waals surface area contributed by atoms with Crippen LogP contribution in [0, 0.1) is 0 Å². The molecular formula is C11H14O3S2. The highest BCUT2D eigenvalue weighted by Gasteiger charge is 2.19. The second kappa shape index (κ2) is 5.96. The van der Waals surface area contributed by atoms with Gasteiger partial charge in [-0.05, 0) is 35.6 Å². The number of thiocarbonyl (C=S) groups is 1. The van der Waals surface area contributed by atoms with E-state index in [-0.39, 0.29) is 16.9 Å². The van der Waals surface area contributed by atoms with Crippen LogP contribution in [0.2, 0.25) is 0 Å². The zero-order valence-electron chi connectivity index (χ0n) is 9.23. The first-order chi connectivity index (χ1) is 7.60. The van der Waals surface area contributed by atoms with Gasteiger partial charge in [-0.2, -0.15) is 0 Å². The van der Waals surface area contributed by atoms with E-state index >= 15 is 0 Å². The maximum atomic E-state index is 11.3. The van der Waals surface area contributed by atoms with Crippen molar-refractivity contribution in [1.29, 1.82) is 0 Å². The van der Waals surface area contributed by atoms with Crippen LogP contribution in [-0.2, 0) is 4.74 Å². The summed E-state index contributed by atoms with van der Waals surface area (Å²) in [5.41, 5.74) is 0.889. The lowest BCUT2D eigenvalue weighted by molar-refractivity contribution is 0.0606. The number of esters is 1. The summed E-state index contributed by atoms with van der Waals surface area (Å²) in [6, 6.07) is 1.74. The number of aliphatic hydroxyl groups excluding tert-OH is 1. The van der Waals surface area contributed by atoms with Crippen molar-refractivity contribution >= 4 is 34.6 Å². The van der Waals surface area contributed by atoms with Crippen molar-refractivity contribution in [3.05, 3.63) is 21.9 Å². The van der Waals surface area contributed by atoms with Gasteiger partial charge >= 0.3 is 5.97 Å². The first-order valence-corrected chi connectivity index (χ1v) is 6.28. The van der Waals surface area contributed by atoms with Crippen LogP contribution >= 0.6 is 23.6 Å². The van der Waals surface area contributed by atoms with Gasteiger partial charge in [0.1, 0.15) is 4.88 Å². The smallest absolute Gasteiger partial charge is 0.348 e. The molecule has 0 aromatic carbocycles. The summed E-state index contributed by atoms with van der Waals surface area (Å²) in [6.07, 6.45) is 1.71. The molecule has 0 radical (unpaired) electrons. The highest BCUT2D eigenvalue weighted by molar-refractivity contribution is 7.80. The summed E-state index contributed by atoms with van der Waals surface area (Å²) >= 11 is 6.12. The van der Waals surface area contributed by atoms with E-state index in [2.05, 4.69) is 4.74 Å². The van der Waals surface area contributed by atoms with Gasteiger partial charge in [0.2, 0.25) is 0 Å². The largest absolute Gasteiger partial charge is 0.502 e. The van der Waals surface area contributed by atoms with E-state index in [0.717, 1.165) is 18.4 Å². The molecule has 1 rings (SSSR count). The van der Waals surface area contributed by atoms with Crippen LogP contribution in [-0.4, -0.2) is 23.2 Å². The zero-order chi connectivity index (χ0) is 12.1. The predicted molar refractivity (Wildman–Crippen MR) is 68.5 cm³/mol. The molecule has 0 fully saturated rings. The normalized spacial score (nSPS) is 12.1. The summed E-state index contributed by atoms with van der Waals surface area (Å²) in [5.74, 6) is -0.509. The van der Waals surface area contributed by atoms with Crippen LogP contribution in [0.15, 0.2) is 11.4 Å². The third-order valence-corrected chi connectivity index (χ3v) is 3.50. The van der Waals surface area contributed by atoms with Gasteiger partial charge in [0, 0.05) is 0 Å². The van der Waals surface area contributed by atoms with Crippen molar-refractivity contribution in [2.45, 2.75) is 25.7 Å². The third kappa shape index (κ3) is 3.02. The van der Waals surface area contributed by atoms with Crippen molar-refractivity contribution in [3.8, 4) is 0 Å². The average molecular weight is 258 g/mol. The van der Waals surface area contributed by atoms with Crippen LogP contribution in [0.25, 0.3) is 0 Å². The highest BCUT2D eigenvalue weighted by atomic mass is 32.1. The first kappa shape index (κ1) is 13.1. The maximum Gasteiger partial charge on any atom is 0.348 e. The Morgan fingerprint density at radius 3 is 2.88 bits per heavy atom. The van der Waals surface area contributed by atoms with Crippen LogP contribution in [0.1, 0.15) is 40.9 Å². The Hall–Kier alpha value is -0.940. The maximum absolute atomic E-state index is 11.3. The topological polar surface area (TPSA) is 46.5 Å². The molecule has 0 bridgehead atoms. The van der Waals surface area contributed by atoms with E-state index in [1.54, 1.807) is 6.07 Å². The minimum atomic E-state index is -0.352. The molecule has 1 aromatic rings. The molecule has 16 heavy (non-hydrogen) atoms. The Balaban J connectivity index is 2.89. The Morgan fingerprint density at radius 1 is 1.69 bits per heavy atom. The fourth-order valence-electron chi connectivity index (χ4n) is 1.46. The molecule has 0 aliphatic rings. The molecule has 5 heteroatoms. The van der Waals surface area contributed by atoms with Crippen molar-refractivity contribution in [3.63, 3.8) is 0 Å². The first-order valence-electron chi connectivity index (χ1n) is 4.99. The van der Waals surface area contributed by atoms with Crippen LogP contribution in [0.4, 0.5) is 0 Å². The quantitative estimate of drug-likeness (QED) is 0.650. The van der Waals surface area contributed by atoms with Crippen LogP contribution in [0.5, 0.6) is 0 Å². The summed E-state index contributed by atoms with van der Waals surface area (Å²) in [7, 11) is 1.35. The fourth-order valence-corrected chi connectivity index (χ4v) is 2.60. The summed E-state index contributed by atoms with van der Waals surface area (Å²) < 4.78 is 4.63. The van der Waals surface area contributed by atoms with Crippen LogP contribution < -0.4 is 0 Å². The number of carbonyl (C=O) groups excluding carboxylic acids is 1. The molecule has 0 saturated carbocycles. The van der Waals surface area contributed by atoms with E-state index in [1.807, 2.05) is 12.3 Å². The van der Waals surface area contributed by atoms with Gasteiger partial charge in [-0.25, -0.2) is 4.79 Å². The number of thiophene rings is 1. The number of aliphatic hydroxyl groups is 1. The SMILES string of the molecule is CCCC(C(O)=S)c1csc(C(=O)OC)c1. The monoisotopic (exact) mass is 258 g/mol. The Kier molecular flexibility index (Phi) is 4.89. The molecule has 0 amide bonds. The molecule has 0 aliphatic heterocycles. The number of hydrogen-bond donors (Lipinski definition) is 1. The van der Waals surface area contributed by atoms with E-state index < -0.39 is 0 Å². The predicted octanol–water partition coefficient (Wildman–Crippen LogP) is 3.30. The summed E-state index contributed by atoms with van der Waals surface area (Å²) in [5, 5.41) is 11.2. The molecule has 1 aromatic heterocycles. The number of carbonyl (C=O) groups is 1. The molecule has 1 atom stereocenters. The molecule has 0 saturated heterocycles. The lowest BCUT2D eigenvalue weighted by atomic mass is 9.98. The summed E-state index contributed by atoms with van der Waals surface area (Å²) in [6.45, 7) is 2.03. The molecule has 0 spiro atoms. The second-order valence-corrected chi connectivity index (χ2v) is 4.74. The van der Waals surface area contributed by atoms with E-state index in [1.165, 1.54) is 18.4 Å². The van der Waals surface area contributed by atoms with Crippen molar-refractivity contribution < 1.29 is 14.6 Å². The molecule has 0 aliphatic carbocycles. The third-order valence-electron chi connectivity index (χ3n) is 2.28. The van der Waals surface area contributed by atoms with Gasteiger partial charge in [-0.15, -0.1) is 11.3 Å². The lowest BCUT2D eigenvalue weighted by Crippen LogP contribution is -2.08. The number of hydrogen-bond acceptors (Lipinski definition) is 4. The highest BCUT2D eigenvalue weighted by Crippen LogP contribution is 2.27. The Labute approximate surface area is 104 Å². The van der Waals surface area contributed by atoms with Crippen molar-refractivity contribution in [1.82, 2.24) is 0 Å². The van der Waals surface area contributed by atoms with Gasteiger partial charge in [-0.1, -0.05) is 13.3 Å². The van der Waals surface area contributed by atoms with E-state index in [4.69, 9.17) is 12.2 Å². The second-order valence-electron chi connectivity index (χ2n) is 3.42. The Morgan fingerprint density at radius 2 is 2.38 bits per heavy atom.